The second-order valence-corrected chi connectivity index (χ2v) is 10.4. The molecule has 3 fully saturated rings. The average molecular weight is 508 g/mol. The van der Waals surface area contributed by atoms with Crippen molar-refractivity contribution >= 4 is 39.2 Å². The minimum Gasteiger partial charge on any atom is -0.481 e. The van der Waals surface area contributed by atoms with Crippen LogP contribution in [0.2, 0.25) is 5.02 Å². The minimum atomic E-state index is -4.00. The lowest BCUT2D eigenvalue weighted by atomic mass is 9.84. The van der Waals surface area contributed by atoms with E-state index in [0.717, 1.165) is 32.5 Å². The Bertz CT molecular complexity index is 1180. The predicted molar refractivity (Wildman–Crippen MR) is 127 cm³/mol. The van der Waals surface area contributed by atoms with Crippen LogP contribution < -0.4 is 15.0 Å². The van der Waals surface area contributed by atoms with Gasteiger partial charge in [0, 0.05) is 24.7 Å². The Balaban J connectivity index is 0.000000231. The Labute approximate surface area is 203 Å². The van der Waals surface area contributed by atoms with Crippen LogP contribution in [0.25, 0.3) is 0 Å². The van der Waals surface area contributed by atoms with E-state index >= 15 is 0 Å². The van der Waals surface area contributed by atoms with Crippen molar-refractivity contribution in [3.63, 3.8) is 0 Å². The largest absolute Gasteiger partial charge is 0.481 e. The van der Waals surface area contributed by atoms with Gasteiger partial charge in [0.05, 0.1) is 16.1 Å². The van der Waals surface area contributed by atoms with Crippen molar-refractivity contribution in [2.45, 2.75) is 23.8 Å². The van der Waals surface area contributed by atoms with Crippen molar-refractivity contribution < 1.29 is 27.3 Å². The number of benzene rings is 2. The van der Waals surface area contributed by atoms with Crippen molar-refractivity contribution in [3.8, 4) is 5.75 Å². The van der Waals surface area contributed by atoms with Gasteiger partial charge in [0.1, 0.15) is 0 Å². The van der Waals surface area contributed by atoms with Gasteiger partial charge in [0.2, 0.25) is 0 Å². The van der Waals surface area contributed by atoms with E-state index in [9.17, 15) is 18.0 Å². The molecule has 4 heterocycles. The number of carbonyl (C=O) groups excluding carboxylic acids is 2. The summed E-state index contributed by atoms with van der Waals surface area (Å²) in [6.45, 7) is 3.09. The van der Waals surface area contributed by atoms with Crippen molar-refractivity contribution in [1.82, 2.24) is 10.2 Å². The number of anilines is 1. The van der Waals surface area contributed by atoms with Gasteiger partial charge in [-0.2, -0.15) is 8.42 Å². The summed E-state index contributed by atoms with van der Waals surface area (Å²) in [7, 11) is -2.34. The van der Waals surface area contributed by atoms with Gasteiger partial charge in [0.25, 0.3) is 21.9 Å². The molecule has 3 saturated heterocycles. The van der Waals surface area contributed by atoms with Crippen LogP contribution in [0.3, 0.4) is 0 Å². The van der Waals surface area contributed by atoms with E-state index in [1.165, 1.54) is 17.0 Å². The summed E-state index contributed by atoms with van der Waals surface area (Å²) >= 11 is 6.16. The molecular formula is C23H26ClN3O6S. The summed E-state index contributed by atoms with van der Waals surface area (Å²) in [5.74, 6) is 0.628. The standard InChI is InChI=1S/C17H20ClN3O3.C6H6O3S/c1-20-14-7-11(18)6-12(16(14)24-9-15(20)22)17(23)19-13-8-21-4-2-10(13)3-5-21;7-10(8,9)6-4-2-1-3-5-6/h6-7,10,13H,2-5,8-9H2,1H3,(H,19,23);1-5H,(H,7,8,9)/t13-;/m1./s1. The van der Waals surface area contributed by atoms with E-state index in [1.54, 1.807) is 37.4 Å². The number of amides is 2. The molecule has 0 aliphatic carbocycles. The van der Waals surface area contributed by atoms with Crippen molar-refractivity contribution in [2.24, 2.45) is 5.92 Å². The van der Waals surface area contributed by atoms with Gasteiger partial charge in [-0.25, -0.2) is 0 Å². The van der Waals surface area contributed by atoms with E-state index in [1.807, 2.05) is 0 Å². The first-order chi connectivity index (χ1) is 16.1. The molecule has 9 nitrogen and oxygen atoms in total. The third-order valence-corrected chi connectivity index (χ3v) is 7.45. The van der Waals surface area contributed by atoms with Gasteiger partial charge in [-0.05, 0) is 56.1 Å². The van der Waals surface area contributed by atoms with Crippen LogP contribution in [0.5, 0.6) is 5.75 Å². The summed E-state index contributed by atoms with van der Waals surface area (Å²) < 4.78 is 34.8. The molecule has 4 aliphatic rings. The molecular weight excluding hydrogens is 482 g/mol. The maximum atomic E-state index is 12.8. The molecule has 11 heteroatoms. The number of nitrogens with zero attached hydrogens (tertiary/aromatic N) is 2. The van der Waals surface area contributed by atoms with Gasteiger partial charge in [-0.1, -0.05) is 29.8 Å². The molecule has 2 N–H and O–H groups in total. The van der Waals surface area contributed by atoms with E-state index in [-0.39, 0.29) is 29.4 Å². The van der Waals surface area contributed by atoms with Gasteiger partial charge >= 0.3 is 0 Å². The average Bonchev–Trinajstić information content (AvgIpc) is 2.82. The summed E-state index contributed by atoms with van der Waals surface area (Å²) in [4.78, 5) is 28.4. The zero-order chi connectivity index (χ0) is 24.5. The van der Waals surface area contributed by atoms with E-state index in [2.05, 4.69) is 10.2 Å². The number of halogens is 1. The first-order valence-electron chi connectivity index (χ1n) is 10.9. The first kappa shape index (κ1) is 24.5. The zero-order valence-electron chi connectivity index (χ0n) is 18.6. The molecule has 2 aromatic rings. The predicted octanol–water partition coefficient (Wildman–Crippen LogP) is 2.45. The highest BCUT2D eigenvalue weighted by Gasteiger charge is 2.36. The minimum absolute atomic E-state index is 0.0642. The fourth-order valence-corrected chi connectivity index (χ4v) is 5.19. The molecule has 0 spiro atoms. The molecule has 2 amide bonds. The quantitative estimate of drug-likeness (QED) is 0.613. The summed E-state index contributed by atoms with van der Waals surface area (Å²) in [5.41, 5.74) is 0.936. The fourth-order valence-electron chi connectivity index (χ4n) is 4.48. The number of hydrogen-bond acceptors (Lipinski definition) is 6. The first-order valence-corrected chi connectivity index (χ1v) is 12.7. The molecule has 2 aromatic carbocycles. The van der Waals surface area contributed by atoms with Gasteiger partial charge in [0.15, 0.2) is 12.4 Å². The highest BCUT2D eigenvalue weighted by atomic mass is 35.5. The van der Waals surface area contributed by atoms with Crippen LogP contribution in [-0.2, 0) is 14.9 Å². The van der Waals surface area contributed by atoms with Gasteiger partial charge in [-0.15, -0.1) is 0 Å². The summed E-state index contributed by atoms with van der Waals surface area (Å²) in [6, 6.07) is 10.9. The molecule has 0 unspecified atom stereocenters. The Morgan fingerprint density at radius 3 is 2.41 bits per heavy atom. The summed E-state index contributed by atoms with van der Waals surface area (Å²) in [5, 5.41) is 3.56. The number of ether oxygens (including phenoxy) is 1. The van der Waals surface area contributed by atoms with E-state index in [0.29, 0.717) is 27.9 Å². The van der Waals surface area contributed by atoms with E-state index < -0.39 is 10.1 Å². The lowest BCUT2D eigenvalue weighted by molar-refractivity contribution is -0.121. The van der Waals surface area contributed by atoms with Gasteiger partial charge in [-0.3, -0.25) is 14.1 Å². The Morgan fingerprint density at radius 1 is 1.18 bits per heavy atom. The topological polar surface area (TPSA) is 116 Å². The Hall–Kier alpha value is -2.66. The molecule has 4 aliphatic heterocycles. The monoisotopic (exact) mass is 507 g/mol. The van der Waals surface area contributed by atoms with Gasteiger partial charge < -0.3 is 19.9 Å². The number of piperidine rings is 3. The lowest BCUT2D eigenvalue weighted by Gasteiger charge is -2.45. The maximum absolute atomic E-state index is 12.8. The number of hydrogen-bond donors (Lipinski definition) is 2. The molecule has 0 aromatic heterocycles. The lowest BCUT2D eigenvalue weighted by Crippen LogP contribution is -2.57. The van der Waals surface area contributed by atoms with Crippen LogP contribution in [0.15, 0.2) is 47.4 Å². The number of likely N-dealkylation sites (N-methyl/N-ethyl adjacent to an activating group) is 1. The third-order valence-electron chi connectivity index (χ3n) is 6.37. The third kappa shape index (κ3) is 5.35. The van der Waals surface area contributed by atoms with Crippen molar-refractivity contribution in [3.05, 3.63) is 53.1 Å². The van der Waals surface area contributed by atoms with Crippen molar-refractivity contribution in [1.29, 1.82) is 0 Å². The molecule has 34 heavy (non-hydrogen) atoms. The second kappa shape index (κ2) is 9.91. The molecule has 0 saturated carbocycles. The molecule has 1 atom stereocenters. The number of rotatable bonds is 3. The highest BCUT2D eigenvalue weighted by molar-refractivity contribution is 7.85. The molecule has 2 bridgehead atoms. The fraction of sp³-hybridized carbons (Fsp3) is 0.391. The number of fused-ring (bicyclic) bond motifs is 4. The number of carbonyl (C=O) groups is 2. The number of nitrogens with one attached hydrogen (secondary N) is 1. The Kier molecular flexibility index (Phi) is 7.13. The Morgan fingerprint density at radius 2 is 1.85 bits per heavy atom. The molecule has 6 rings (SSSR count). The highest BCUT2D eigenvalue weighted by Crippen LogP contribution is 2.38. The zero-order valence-corrected chi connectivity index (χ0v) is 20.2. The van der Waals surface area contributed by atoms with Crippen LogP contribution >= 0.6 is 11.6 Å². The second-order valence-electron chi connectivity index (χ2n) is 8.55. The van der Waals surface area contributed by atoms with Crippen LogP contribution in [0.4, 0.5) is 5.69 Å². The van der Waals surface area contributed by atoms with Crippen LogP contribution in [0.1, 0.15) is 23.2 Å². The van der Waals surface area contributed by atoms with Crippen LogP contribution in [0, 0.1) is 5.92 Å². The maximum Gasteiger partial charge on any atom is 0.294 e. The van der Waals surface area contributed by atoms with E-state index in [4.69, 9.17) is 20.9 Å². The SMILES string of the molecule is CN1C(=O)COc2c(C(=O)N[C@@H]3CN4CCC3CC4)cc(Cl)cc21.O=S(=O)(O)c1ccccc1. The van der Waals surface area contributed by atoms with Crippen molar-refractivity contribution in [2.75, 3.05) is 38.2 Å². The molecule has 182 valence electrons. The normalized spacial score (nSPS) is 23.3. The smallest absolute Gasteiger partial charge is 0.294 e. The summed E-state index contributed by atoms with van der Waals surface area (Å²) in [6.07, 6.45) is 2.26. The van der Waals surface area contributed by atoms with Crippen LogP contribution in [-0.4, -0.2) is 69.0 Å². The molecule has 0 radical (unpaired) electrons.